The van der Waals surface area contributed by atoms with Crippen molar-refractivity contribution in [2.24, 2.45) is 0 Å². The Morgan fingerprint density at radius 3 is 2.84 bits per heavy atom. The highest BCUT2D eigenvalue weighted by atomic mass is 32.2. The maximum atomic E-state index is 15.7. The molecule has 234 valence electrons. The number of aryl methyl sites for hydroxylation is 1. The maximum Gasteiger partial charge on any atom is 0.334 e. The summed E-state index contributed by atoms with van der Waals surface area (Å²) in [7, 11) is 0. The molecule has 9 nitrogen and oxygen atoms in total. The van der Waals surface area contributed by atoms with Crippen molar-refractivity contribution in [1.82, 2.24) is 24.7 Å². The summed E-state index contributed by atoms with van der Waals surface area (Å²) in [6, 6.07) is 3.58. The van der Waals surface area contributed by atoms with Gasteiger partial charge in [-0.1, -0.05) is 11.8 Å². The maximum absolute atomic E-state index is 15.7. The van der Waals surface area contributed by atoms with Crippen LogP contribution in [0.3, 0.4) is 0 Å². The van der Waals surface area contributed by atoms with Gasteiger partial charge >= 0.3 is 5.92 Å². The highest BCUT2D eigenvalue weighted by Gasteiger charge is 2.37. The molecule has 0 amide bonds. The largest absolute Gasteiger partial charge is 0.386 e. The third-order valence-corrected chi connectivity index (χ3v) is 10.1. The fraction of sp³-hybridized carbons (Fsp3) is 0.438. The van der Waals surface area contributed by atoms with Crippen molar-refractivity contribution in [2.75, 3.05) is 44.1 Å². The van der Waals surface area contributed by atoms with Crippen LogP contribution in [0, 0.1) is 19.3 Å². The first kappa shape index (κ1) is 30.3. The van der Waals surface area contributed by atoms with Gasteiger partial charge in [-0.2, -0.15) is 13.9 Å². The van der Waals surface area contributed by atoms with Crippen molar-refractivity contribution in [3.05, 3.63) is 35.7 Å². The van der Waals surface area contributed by atoms with Crippen molar-refractivity contribution in [3.63, 3.8) is 0 Å². The first-order valence-corrected chi connectivity index (χ1v) is 16.8. The third-order valence-electron chi connectivity index (χ3n) is 8.40. The topological polar surface area (TPSA) is 98.4 Å². The van der Waals surface area contributed by atoms with Gasteiger partial charge in [0.15, 0.2) is 11.4 Å². The Balaban J connectivity index is 1.52. The SMILES string of the molecule is C#CC(F)(F)c1c(C)cc2c(cnn2C2CCCCO2)c1-c1nccc2c1sc1nc(SC)nc(N3CCOC[C@@](C)(O)C3)c12. The predicted molar refractivity (Wildman–Crippen MR) is 173 cm³/mol. The van der Waals surface area contributed by atoms with Crippen LogP contribution >= 0.6 is 23.1 Å². The van der Waals surface area contributed by atoms with Crippen LogP contribution < -0.4 is 4.90 Å². The molecule has 0 bridgehead atoms. The fourth-order valence-corrected chi connectivity index (χ4v) is 8.01. The number of rotatable bonds is 5. The molecule has 2 saturated heterocycles. The summed E-state index contributed by atoms with van der Waals surface area (Å²) in [6.45, 7) is 5.46. The number of fused-ring (bicyclic) bond motifs is 4. The van der Waals surface area contributed by atoms with E-state index in [4.69, 9.17) is 30.8 Å². The van der Waals surface area contributed by atoms with Crippen LogP contribution in [-0.2, 0) is 15.4 Å². The predicted octanol–water partition coefficient (Wildman–Crippen LogP) is 6.30. The number of anilines is 1. The minimum atomic E-state index is -3.56. The average molecular weight is 651 g/mol. The number of pyridine rings is 1. The van der Waals surface area contributed by atoms with E-state index >= 15 is 8.78 Å². The fourth-order valence-electron chi connectivity index (χ4n) is 6.43. The van der Waals surface area contributed by atoms with Gasteiger partial charge < -0.3 is 19.5 Å². The molecule has 0 aliphatic carbocycles. The Morgan fingerprint density at radius 2 is 2.09 bits per heavy atom. The first-order chi connectivity index (χ1) is 21.6. The molecule has 45 heavy (non-hydrogen) atoms. The number of thiophene rings is 1. The first-order valence-electron chi connectivity index (χ1n) is 14.8. The number of alkyl halides is 2. The van der Waals surface area contributed by atoms with Crippen LogP contribution in [0.2, 0.25) is 0 Å². The highest BCUT2D eigenvalue weighted by molar-refractivity contribution is 7.98. The Bertz CT molecular complexity index is 1980. The zero-order valence-corrected chi connectivity index (χ0v) is 26.8. The van der Waals surface area contributed by atoms with Crippen molar-refractivity contribution < 1.29 is 23.4 Å². The van der Waals surface area contributed by atoms with Crippen molar-refractivity contribution in [3.8, 4) is 23.6 Å². The molecule has 1 aromatic carbocycles. The van der Waals surface area contributed by atoms with E-state index in [1.54, 1.807) is 42.9 Å². The van der Waals surface area contributed by atoms with Gasteiger partial charge in [-0.25, -0.2) is 14.6 Å². The monoisotopic (exact) mass is 650 g/mol. The third kappa shape index (κ3) is 5.22. The van der Waals surface area contributed by atoms with Gasteiger partial charge in [0.05, 0.1) is 47.3 Å². The quantitative estimate of drug-likeness (QED) is 0.134. The van der Waals surface area contributed by atoms with Gasteiger partial charge in [0, 0.05) is 41.2 Å². The number of aromatic nitrogens is 5. The van der Waals surface area contributed by atoms with E-state index in [1.807, 2.05) is 17.2 Å². The van der Waals surface area contributed by atoms with E-state index in [0.717, 1.165) is 30.0 Å². The van der Waals surface area contributed by atoms with E-state index in [9.17, 15) is 5.11 Å². The van der Waals surface area contributed by atoms with Crippen LogP contribution in [0.25, 0.3) is 42.5 Å². The summed E-state index contributed by atoms with van der Waals surface area (Å²) < 4.78 is 45.6. The zero-order valence-electron chi connectivity index (χ0n) is 25.1. The standard InChI is InChI=1S/C32H32F2N6O3S2/c1-5-32(33,34)25-18(2)14-21-20(15-36-40(21)22-8-6-7-12-43-22)23(25)26-27-19(9-10-35-26)24-28(37-30(44-4)38-29(24)45-27)39-11-13-42-17-31(3,41)16-39/h1,9-10,14-15,22,41H,6-8,11-13,16-17H2,2-4H3/t22?,31-/m0/s1. The summed E-state index contributed by atoms with van der Waals surface area (Å²) in [5, 5.41) is 18.2. The van der Waals surface area contributed by atoms with Gasteiger partial charge in [-0.05, 0) is 63.0 Å². The molecule has 2 atom stereocenters. The smallest absolute Gasteiger partial charge is 0.334 e. The number of nitrogens with zero attached hydrogens (tertiary/aromatic N) is 6. The number of halogens is 2. The molecule has 2 aliphatic heterocycles. The van der Waals surface area contributed by atoms with Crippen LogP contribution in [0.5, 0.6) is 0 Å². The zero-order chi connectivity index (χ0) is 31.5. The Kier molecular flexibility index (Phi) is 7.69. The normalized spacial score (nSPS) is 21.4. The number of aliphatic hydroxyl groups is 1. The van der Waals surface area contributed by atoms with E-state index in [1.165, 1.54) is 23.1 Å². The lowest BCUT2D eigenvalue weighted by Crippen LogP contribution is -2.42. The molecule has 7 rings (SSSR count). The second-order valence-electron chi connectivity index (χ2n) is 11.8. The van der Waals surface area contributed by atoms with Crippen molar-refractivity contribution in [2.45, 2.75) is 56.0 Å². The summed E-state index contributed by atoms with van der Waals surface area (Å²) in [6.07, 6.45) is 13.1. The summed E-state index contributed by atoms with van der Waals surface area (Å²) in [5.74, 6) is -1.18. The molecule has 2 aliphatic rings. The lowest BCUT2D eigenvalue weighted by molar-refractivity contribution is -0.0366. The molecule has 0 saturated carbocycles. The second kappa shape index (κ2) is 11.4. The Labute approximate surface area is 267 Å². The minimum absolute atomic E-state index is 0.209. The summed E-state index contributed by atoms with van der Waals surface area (Å²) >= 11 is 2.79. The van der Waals surface area contributed by atoms with Crippen LogP contribution in [0.1, 0.15) is 43.5 Å². The minimum Gasteiger partial charge on any atom is -0.386 e. The molecule has 0 spiro atoms. The molecule has 4 aromatic heterocycles. The van der Waals surface area contributed by atoms with Crippen molar-refractivity contribution in [1.29, 1.82) is 0 Å². The van der Waals surface area contributed by atoms with E-state index in [-0.39, 0.29) is 24.0 Å². The Hall–Kier alpha value is -3.41. The van der Waals surface area contributed by atoms with Gasteiger partial charge in [0.1, 0.15) is 16.2 Å². The molecule has 13 heteroatoms. The van der Waals surface area contributed by atoms with Crippen LogP contribution in [0.15, 0.2) is 29.7 Å². The molecule has 1 N–H and O–H groups in total. The summed E-state index contributed by atoms with van der Waals surface area (Å²) in [5.41, 5.74) is 0.296. The number of hydrogen-bond acceptors (Lipinski definition) is 10. The average Bonchev–Trinajstić information content (AvgIpc) is 3.57. The molecule has 2 fully saturated rings. The highest BCUT2D eigenvalue weighted by Crippen LogP contribution is 2.48. The van der Waals surface area contributed by atoms with E-state index in [2.05, 4.69) is 5.10 Å². The van der Waals surface area contributed by atoms with Gasteiger partial charge in [-0.3, -0.25) is 4.98 Å². The van der Waals surface area contributed by atoms with Crippen LogP contribution in [-0.4, -0.2) is 74.6 Å². The second-order valence-corrected chi connectivity index (χ2v) is 13.6. The molecule has 0 radical (unpaired) electrons. The molecular formula is C32H32F2N6O3S2. The van der Waals surface area contributed by atoms with E-state index in [0.29, 0.717) is 69.0 Å². The number of terminal acetylenes is 1. The molecular weight excluding hydrogens is 619 g/mol. The number of β-amino-alcohol motifs (C(OH)–C–C–N with tert-alkyl or cyclic N) is 1. The summed E-state index contributed by atoms with van der Waals surface area (Å²) in [4.78, 5) is 17.1. The molecule has 5 aromatic rings. The number of benzene rings is 1. The lowest BCUT2D eigenvalue weighted by Gasteiger charge is -2.28. The van der Waals surface area contributed by atoms with Gasteiger partial charge in [0.2, 0.25) is 0 Å². The number of hydrogen-bond donors (Lipinski definition) is 1. The lowest BCUT2D eigenvalue weighted by atomic mass is 9.91. The van der Waals surface area contributed by atoms with Gasteiger partial charge in [-0.15, -0.1) is 17.8 Å². The number of thioether (sulfide) groups is 1. The Morgan fingerprint density at radius 1 is 1.24 bits per heavy atom. The molecule has 1 unspecified atom stereocenters. The van der Waals surface area contributed by atoms with Crippen molar-refractivity contribution >= 4 is 60.1 Å². The van der Waals surface area contributed by atoms with Gasteiger partial charge in [0.25, 0.3) is 0 Å². The van der Waals surface area contributed by atoms with E-state index < -0.39 is 11.5 Å². The molecule has 6 heterocycles. The number of ether oxygens (including phenoxy) is 2. The van der Waals surface area contributed by atoms with Crippen LogP contribution in [0.4, 0.5) is 14.6 Å².